The highest BCUT2D eigenvalue weighted by atomic mass is 35.5. The molecule has 0 unspecified atom stereocenters. The summed E-state index contributed by atoms with van der Waals surface area (Å²) >= 11 is 0. The summed E-state index contributed by atoms with van der Waals surface area (Å²) in [5.41, 5.74) is 8.93. The number of nitrogens with zero attached hydrogens (tertiary/aromatic N) is 1. The normalized spacial score (nSPS) is 10.9. The predicted molar refractivity (Wildman–Crippen MR) is 92.7 cm³/mol. The molecule has 0 bridgehead atoms. The average molecular weight is 361 g/mol. The van der Waals surface area contributed by atoms with Gasteiger partial charge in [-0.15, -0.1) is 24.8 Å². The zero-order valence-electron chi connectivity index (χ0n) is 12.6. The van der Waals surface area contributed by atoms with Crippen molar-refractivity contribution < 1.29 is 13.9 Å². The molecule has 0 saturated heterocycles. The predicted octanol–water partition coefficient (Wildman–Crippen LogP) is 3.10. The molecule has 0 aliphatic heterocycles. The third kappa shape index (κ3) is 5.78. The van der Waals surface area contributed by atoms with Crippen molar-refractivity contribution in [3.05, 3.63) is 53.9 Å². The smallest absolute Gasteiger partial charge is 0.322 e. The number of hydrogen-bond donors (Lipinski definition) is 1. The van der Waals surface area contributed by atoms with Crippen LogP contribution in [0.3, 0.4) is 0 Å². The SMILES string of the molecule is COC(=O)[C@@H](N)Cc1ccc(-c2ccnc(CF)c2)cc1.Cl.Cl. The van der Waals surface area contributed by atoms with E-state index in [9.17, 15) is 9.18 Å². The van der Waals surface area contributed by atoms with Crippen molar-refractivity contribution >= 4 is 30.8 Å². The second kappa shape index (κ2) is 10.2. The van der Waals surface area contributed by atoms with E-state index in [4.69, 9.17) is 5.73 Å². The number of rotatable bonds is 5. The molecule has 0 aliphatic carbocycles. The highest BCUT2D eigenvalue weighted by molar-refractivity contribution is 5.85. The summed E-state index contributed by atoms with van der Waals surface area (Å²) in [6, 6.07) is 10.5. The van der Waals surface area contributed by atoms with E-state index in [1.807, 2.05) is 30.3 Å². The number of esters is 1. The van der Waals surface area contributed by atoms with Crippen LogP contribution < -0.4 is 5.73 Å². The van der Waals surface area contributed by atoms with Crippen LogP contribution in [0.25, 0.3) is 11.1 Å². The summed E-state index contributed by atoms with van der Waals surface area (Å²) in [6.45, 7) is -0.583. The van der Waals surface area contributed by atoms with Crippen LogP contribution in [0, 0.1) is 0 Å². The molecule has 126 valence electrons. The van der Waals surface area contributed by atoms with Gasteiger partial charge in [-0.25, -0.2) is 4.39 Å². The van der Waals surface area contributed by atoms with Gasteiger partial charge in [-0.1, -0.05) is 24.3 Å². The minimum atomic E-state index is -0.667. The summed E-state index contributed by atoms with van der Waals surface area (Å²) < 4.78 is 17.2. The molecule has 23 heavy (non-hydrogen) atoms. The molecule has 2 rings (SSSR count). The molecule has 1 heterocycles. The number of halogens is 3. The third-order valence-electron chi connectivity index (χ3n) is 3.20. The number of alkyl halides is 1. The van der Waals surface area contributed by atoms with Crippen LogP contribution in [0.15, 0.2) is 42.6 Å². The maximum absolute atomic E-state index is 12.6. The lowest BCUT2D eigenvalue weighted by Crippen LogP contribution is -2.33. The Labute approximate surface area is 147 Å². The number of carbonyl (C=O) groups excluding carboxylic acids is 1. The first-order chi connectivity index (χ1) is 10.1. The lowest BCUT2D eigenvalue weighted by atomic mass is 10.0. The van der Waals surface area contributed by atoms with E-state index >= 15 is 0 Å². The maximum Gasteiger partial charge on any atom is 0.322 e. The largest absolute Gasteiger partial charge is 0.468 e. The summed E-state index contributed by atoms with van der Waals surface area (Å²) in [5.74, 6) is -0.430. The molecule has 2 aromatic rings. The highest BCUT2D eigenvalue weighted by Crippen LogP contribution is 2.20. The van der Waals surface area contributed by atoms with Crippen molar-refractivity contribution in [2.75, 3.05) is 7.11 Å². The fourth-order valence-corrected chi connectivity index (χ4v) is 2.05. The highest BCUT2D eigenvalue weighted by Gasteiger charge is 2.14. The Bertz CT molecular complexity index is 624. The molecule has 4 nitrogen and oxygen atoms in total. The van der Waals surface area contributed by atoms with Gasteiger partial charge < -0.3 is 10.5 Å². The molecule has 0 fully saturated rings. The fourth-order valence-electron chi connectivity index (χ4n) is 2.05. The number of pyridine rings is 1. The molecular weight excluding hydrogens is 342 g/mol. The first-order valence-electron chi connectivity index (χ1n) is 6.57. The molecule has 0 spiro atoms. The zero-order valence-corrected chi connectivity index (χ0v) is 14.2. The minimum Gasteiger partial charge on any atom is -0.468 e. The summed E-state index contributed by atoms with van der Waals surface area (Å²) in [6.07, 6.45) is 2.00. The van der Waals surface area contributed by atoms with Crippen molar-refractivity contribution in [3.63, 3.8) is 0 Å². The van der Waals surface area contributed by atoms with Crippen molar-refractivity contribution in [1.82, 2.24) is 4.98 Å². The van der Waals surface area contributed by atoms with Gasteiger partial charge in [-0.2, -0.15) is 0 Å². The van der Waals surface area contributed by atoms with E-state index in [0.29, 0.717) is 12.1 Å². The van der Waals surface area contributed by atoms with Gasteiger partial charge >= 0.3 is 5.97 Å². The van der Waals surface area contributed by atoms with E-state index in [0.717, 1.165) is 16.7 Å². The number of methoxy groups -OCH3 is 1. The molecule has 1 aromatic heterocycles. The van der Waals surface area contributed by atoms with Gasteiger partial charge in [-0.3, -0.25) is 9.78 Å². The molecule has 0 radical (unpaired) electrons. The Balaban J connectivity index is 0.00000242. The van der Waals surface area contributed by atoms with Gasteiger partial charge in [0.1, 0.15) is 12.7 Å². The first kappa shape index (κ1) is 21.3. The monoisotopic (exact) mass is 360 g/mol. The first-order valence-corrected chi connectivity index (χ1v) is 6.57. The average Bonchev–Trinajstić information content (AvgIpc) is 2.54. The van der Waals surface area contributed by atoms with Crippen molar-refractivity contribution in [2.24, 2.45) is 5.73 Å². The summed E-state index contributed by atoms with van der Waals surface area (Å²) in [5, 5.41) is 0. The zero-order chi connectivity index (χ0) is 15.2. The third-order valence-corrected chi connectivity index (χ3v) is 3.20. The van der Waals surface area contributed by atoms with Crippen LogP contribution in [0.4, 0.5) is 4.39 Å². The Morgan fingerprint density at radius 1 is 1.22 bits per heavy atom. The second-order valence-electron chi connectivity index (χ2n) is 4.70. The Hall–Kier alpha value is -1.69. The van der Waals surface area contributed by atoms with Crippen molar-refractivity contribution in [1.29, 1.82) is 0 Å². The van der Waals surface area contributed by atoms with E-state index in [1.54, 1.807) is 12.3 Å². The Morgan fingerprint density at radius 3 is 2.43 bits per heavy atom. The summed E-state index contributed by atoms with van der Waals surface area (Å²) in [4.78, 5) is 15.2. The molecule has 0 aliphatic rings. The van der Waals surface area contributed by atoms with Crippen molar-refractivity contribution in [2.45, 2.75) is 19.1 Å². The Kier molecular flexibility index (Phi) is 9.41. The van der Waals surface area contributed by atoms with Gasteiger partial charge in [0.05, 0.1) is 12.8 Å². The minimum absolute atomic E-state index is 0. The van der Waals surface area contributed by atoms with Crippen LogP contribution in [0.2, 0.25) is 0 Å². The Morgan fingerprint density at radius 2 is 1.87 bits per heavy atom. The van der Waals surface area contributed by atoms with Crippen LogP contribution in [-0.4, -0.2) is 24.1 Å². The lowest BCUT2D eigenvalue weighted by molar-refractivity contribution is -0.142. The number of hydrogen-bond acceptors (Lipinski definition) is 4. The quantitative estimate of drug-likeness (QED) is 0.832. The molecule has 7 heteroatoms. The van der Waals surface area contributed by atoms with Crippen LogP contribution in [-0.2, 0) is 22.6 Å². The maximum atomic E-state index is 12.6. The van der Waals surface area contributed by atoms with Gasteiger partial charge in [0.25, 0.3) is 0 Å². The van der Waals surface area contributed by atoms with E-state index in [1.165, 1.54) is 7.11 Å². The van der Waals surface area contributed by atoms with Crippen molar-refractivity contribution in [3.8, 4) is 11.1 Å². The van der Waals surface area contributed by atoms with Gasteiger partial charge in [0.15, 0.2) is 0 Å². The topological polar surface area (TPSA) is 65.2 Å². The van der Waals surface area contributed by atoms with Crippen LogP contribution in [0.1, 0.15) is 11.3 Å². The molecule has 0 saturated carbocycles. The van der Waals surface area contributed by atoms with Gasteiger partial charge in [-0.05, 0) is 35.2 Å². The number of ether oxygens (including phenoxy) is 1. The molecule has 2 N–H and O–H groups in total. The van der Waals surface area contributed by atoms with Gasteiger partial charge in [0.2, 0.25) is 0 Å². The second-order valence-corrected chi connectivity index (χ2v) is 4.70. The lowest BCUT2D eigenvalue weighted by Gasteiger charge is -2.10. The van der Waals surface area contributed by atoms with Gasteiger partial charge in [0, 0.05) is 6.20 Å². The number of benzene rings is 1. The molecule has 1 atom stereocenters. The molecule has 1 aromatic carbocycles. The van der Waals surface area contributed by atoms with Crippen LogP contribution >= 0.6 is 24.8 Å². The fraction of sp³-hybridized carbons (Fsp3) is 0.250. The van der Waals surface area contributed by atoms with E-state index in [2.05, 4.69) is 9.72 Å². The number of nitrogens with two attached hydrogens (primary N) is 1. The number of aromatic nitrogens is 1. The van der Waals surface area contributed by atoms with E-state index < -0.39 is 18.7 Å². The molecule has 0 amide bonds. The van der Waals surface area contributed by atoms with Crippen LogP contribution in [0.5, 0.6) is 0 Å². The van der Waals surface area contributed by atoms with E-state index in [-0.39, 0.29) is 24.8 Å². The number of carbonyl (C=O) groups is 1. The summed E-state index contributed by atoms with van der Waals surface area (Å²) in [7, 11) is 1.32. The molecular formula is C16H19Cl2FN2O2. The standard InChI is InChI=1S/C16H17FN2O2.2ClH/c1-21-16(20)15(18)8-11-2-4-12(5-3-11)13-6-7-19-14(9-13)10-17;;/h2-7,9,15H,8,10,18H2,1H3;2*1H/t15-;;/m0../s1.